The molecule has 0 spiro atoms. The summed E-state index contributed by atoms with van der Waals surface area (Å²) >= 11 is 0. The third-order valence-electron chi connectivity index (χ3n) is 5.11. The molecule has 162 valence electrons. The summed E-state index contributed by atoms with van der Waals surface area (Å²) in [7, 11) is -7.75. The van der Waals surface area contributed by atoms with Gasteiger partial charge in [0, 0.05) is 6.54 Å². The first-order chi connectivity index (χ1) is 14.7. The number of benzene rings is 3. The topological polar surface area (TPSA) is 83.6 Å². The van der Waals surface area contributed by atoms with Crippen molar-refractivity contribution in [2.24, 2.45) is 0 Å². The zero-order valence-electron chi connectivity index (χ0n) is 16.7. The number of nitrogens with zero attached hydrogens (tertiary/aromatic N) is 1. The van der Waals surface area contributed by atoms with Gasteiger partial charge < -0.3 is 0 Å². The molecule has 0 radical (unpaired) electrons. The van der Waals surface area contributed by atoms with Gasteiger partial charge >= 0.3 is 0 Å². The molecule has 0 unspecified atom stereocenters. The van der Waals surface area contributed by atoms with E-state index in [-0.39, 0.29) is 22.0 Å². The van der Waals surface area contributed by atoms with Crippen molar-refractivity contribution >= 4 is 31.4 Å². The largest absolute Gasteiger partial charge is 0.280 e. The predicted molar refractivity (Wildman–Crippen MR) is 118 cm³/mol. The van der Waals surface area contributed by atoms with E-state index in [4.69, 9.17) is 0 Å². The van der Waals surface area contributed by atoms with Gasteiger partial charge in [-0.25, -0.2) is 21.2 Å². The van der Waals surface area contributed by atoms with E-state index in [1.807, 2.05) is 0 Å². The average Bonchev–Trinajstić information content (AvgIpc) is 2.73. The highest BCUT2D eigenvalue weighted by Gasteiger charge is 2.29. The third kappa shape index (κ3) is 4.28. The monoisotopic (exact) mass is 460 g/mol. The molecule has 0 bridgehead atoms. The molecule has 6 nitrogen and oxygen atoms in total. The van der Waals surface area contributed by atoms with E-state index < -0.39 is 25.9 Å². The van der Waals surface area contributed by atoms with E-state index >= 15 is 0 Å². The van der Waals surface area contributed by atoms with Crippen molar-refractivity contribution in [2.75, 3.05) is 15.6 Å². The van der Waals surface area contributed by atoms with Crippen LogP contribution in [0.15, 0.2) is 76.5 Å². The smallest absolute Gasteiger partial charge is 0.264 e. The lowest BCUT2D eigenvalue weighted by Crippen LogP contribution is -2.35. The van der Waals surface area contributed by atoms with Crippen LogP contribution < -0.4 is 9.03 Å². The van der Waals surface area contributed by atoms with Crippen LogP contribution in [0.25, 0.3) is 0 Å². The number of fused-ring (bicyclic) bond motifs is 1. The maximum Gasteiger partial charge on any atom is 0.264 e. The van der Waals surface area contributed by atoms with Crippen LogP contribution in [-0.2, 0) is 26.5 Å². The van der Waals surface area contributed by atoms with Crippen molar-refractivity contribution < 1.29 is 21.2 Å². The van der Waals surface area contributed by atoms with Gasteiger partial charge in [-0.1, -0.05) is 18.2 Å². The van der Waals surface area contributed by atoms with Crippen molar-refractivity contribution in [2.45, 2.75) is 29.6 Å². The Bertz CT molecular complexity index is 1340. The number of anilines is 2. The Kier molecular flexibility index (Phi) is 5.49. The number of aryl methyl sites for hydroxylation is 2. The Labute approximate surface area is 181 Å². The fourth-order valence-electron chi connectivity index (χ4n) is 3.58. The summed E-state index contributed by atoms with van der Waals surface area (Å²) in [6.45, 7) is 2.05. The minimum atomic E-state index is -3.92. The van der Waals surface area contributed by atoms with Gasteiger partial charge in [0.05, 0.1) is 21.2 Å². The first-order valence-electron chi connectivity index (χ1n) is 9.67. The average molecular weight is 461 g/mol. The van der Waals surface area contributed by atoms with E-state index in [1.165, 1.54) is 28.6 Å². The summed E-state index contributed by atoms with van der Waals surface area (Å²) in [6, 6.07) is 16.1. The molecule has 31 heavy (non-hydrogen) atoms. The summed E-state index contributed by atoms with van der Waals surface area (Å²) < 4.78 is 69.0. The first kappa shape index (κ1) is 21.3. The molecule has 0 saturated carbocycles. The fourth-order valence-corrected chi connectivity index (χ4v) is 6.27. The highest BCUT2D eigenvalue weighted by Crippen LogP contribution is 2.34. The zero-order valence-corrected chi connectivity index (χ0v) is 18.4. The molecule has 0 aliphatic carbocycles. The van der Waals surface area contributed by atoms with Gasteiger partial charge in [-0.2, -0.15) is 0 Å². The summed E-state index contributed by atoms with van der Waals surface area (Å²) in [4.78, 5) is 0.105. The van der Waals surface area contributed by atoms with Crippen LogP contribution in [0, 0.1) is 12.7 Å². The standard InChI is InChI=1S/C22H21FN2O4S2/c1-16-4-2-6-21(14-16)30(26,27)24-19-10-7-17-5-3-13-25(22(17)15-19)31(28,29)20-11-8-18(23)9-12-20/h2,4,6-12,14-15,24H,3,5,13H2,1H3. The first-order valence-corrected chi connectivity index (χ1v) is 12.6. The van der Waals surface area contributed by atoms with Gasteiger partial charge in [0.25, 0.3) is 20.0 Å². The lowest BCUT2D eigenvalue weighted by molar-refractivity contribution is 0.585. The van der Waals surface area contributed by atoms with Gasteiger partial charge in [-0.05, 0) is 79.4 Å². The molecule has 1 aliphatic heterocycles. The quantitative estimate of drug-likeness (QED) is 0.622. The lowest BCUT2D eigenvalue weighted by Gasteiger charge is -2.31. The predicted octanol–water partition coefficient (Wildman–Crippen LogP) is 4.08. The SMILES string of the molecule is Cc1cccc(S(=O)(=O)Nc2ccc3c(c2)N(S(=O)(=O)c2ccc(F)cc2)CCC3)c1. The third-order valence-corrected chi connectivity index (χ3v) is 8.32. The van der Waals surface area contributed by atoms with Crippen molar-refractivity contribution in [1.29, 1.82) is 0 Å². The molecule has 0 aromatic heterocycles. The minimum Gasteiger partial charge on any atom is -0.280 e. The van der Waals surface area contributed by atoms with Crippen molar-refractivity contribution in [3.8, 4) is 0 Å². The molecule has 1 N–H and O–H groups in total. The Morgan fingerprint density at radius 2 is 1.65 bits per heavy atom. The normalized spacial score (nSPS) is 14.2. The molecule has 1 heterocycles. The molecule has 0 saturated heterocycles. The van der Waals surface area contributed by atoms with E-state index in [0.29, 0.717) is 18.5 Å². The number of hydrogen-bond acceptors (Lipinski definition) is 4. The molecule has 0 atom stereocenters. The van der Waals surface area contributed by atoms with Gasteiger partial charge in [-0.15, -0.1) is 0 Å². The van der Waals surface area contributed by atoms with Crippen LogP contribution in [0.3, 0.4) is 0 Å². The van der Waals surface area contributed by atoms with Crippen LogP contribution in [0.5, 0.6) is 0 Å². The molecule has 3 aromatic carbocycles. The van der Waals surface area contributed by atoms with Crippen molar-refractivity contribution in [3.63, 3.8) is 0 Å². The van der Waals surface area contributed by atoms with E-state index in [0.717, 1.165) is 23.3 Å². The highest BCUT2D eigenvalue weighted by molar-refractivity contribution is 7.93. The van der Waals surface area contributed by atoms with Gasteiger partial charge in [0.2, 0.25) is 0 Å². The Morgan fingerprint density at radius 1 is 0.903 bits per heavy atom. The lowest BCUT2D eigenvalue weighted by atomic mass is 10.0. The molecular weight excluding hydrogens is 439 g/mol. The molecule has 0 fully saturated rings. The second kappa shape index (κ2) is 7.97. The summed E-state index contributed by atoms with van der Waals surface area (Å²) in [5.74, 6) is -0.522. The molecule has 1 aliphatic rings. The second-order valence-corrected chi connectivity index (χ2v) is 10.9. The van der Waals surface area contributed by atoms with E-state index in [1.54, 1.807) is 37.3 Å². The van der Waals surface area contributed by atoms with Gasteiger partial charge in [-0.3, -0.25) is 9.03 Å². The molecule has 3 aromatic rings. The Balaban J connectivity index is 1.71. The molecular formula is C22H21FN2O4S2. The van der Waals surface area contributed by atoms with Gasteiger partial charge in [0.15, 0.2) is 0 Å². The van der Waals surface area contributed by atoms with Gasteiger partial charge in [0.1, 0.15) is 5.82 Å². The number of sulfonamides is 2. The summed E-state index contributed by atoms with van der Waals surface area (Å²) in [5.41, 5.74) is 2.29. The van der Waals surface area contributed by atoms with Crippen molar-refractivity contribution in [1.82, 2.24) is 0 Å². The highest BCUT2D eigenvalue weighted by atomic mass is 32.2. The zero-order chi connectivity index (χ0) is 22.2. The second-order valence-electron chi connectivity index (χ2n) is 7.40. The molecule has 0 amide bonds. The minimum absolute atomic E-state index is 0.0208. The summed E-state index contributed by atoms with van der Waals surface area (Å²) in [6.07, 6.45) is 1.30. The number of halogens is 1. The van der Waals surface area contributed by atoms with Crippen LogP contribution in [0.4, 0.5) is 15.8 Å². The van der Waals surface area contributed by atoms with Crippen LogP contribution in [0.2, 0.25) is 0 Å². The number of nitrogens with one attached hydrogen (secondary N) is 1. The van der Waals surface area contributed by atoms with Crippen LogP contribution in [0.1, 0.15) is 17.5 Å². The maximum atomic E-state index is 13.3. The van der Waals surface area contributed by atoms with E-state index in [9.17, 15) is 21.2 Å². The fraction of sp³-hybridized carbons (Fsp3) is 0.182. The Morgan fingerprint density at radius 3 is 2.35 bits per heavy atom. The molecule has 4 rings (SSSR count). The van der Waals surface area contributed by atoms with Crippen LogP contribution >= 0.6 is 0 Å². The van der Waals surface area contributed by atoms with Crippen molar-refractivity contribution in [3.05, 3.63) is 83.7 Å². The summed E-state index contributed by atoms with van der Waals surface area (Å²) in [5, 5.41) is 0. The number of hydrogen-bond donors (Lipinski definition) is 1. The van der Waals surface area contributed by atoms with E-state index in [2.05, 4.69) is 4.72 Å². The molecule has 9 heteroatoms. The maximum absolute atomic E-state index is 13.3. The van der Waals surface area contributed by atoms with Crippen LogP contribution in [-0.4, -0.2) is 23.4 Å². The number of rotatable bonds is 5. The Hall–Kier alpha value is -2.91.